The van der Waals surface area contributed by atoms with E-state index in [0.29, 0.717) is 6.07 Å². The molecule has 9 nitrogen and oxygen atoms in total. The third kappa shape index (κ3) is 4.49. The Hall–Kier alpha value is -0.570. The zero-order chi connectivity index (χ0) is 16.9. The van der Waals surface area contributed by atoms with Gasteiger partial charge in [0.2, 0.25) is 0 Å². The molecule has 0 saturated carbocycles. The molecule has 0 heterocycles. The maximum atomic E-state index is 11.3. The Morgan fingerprint density at radius 3 is 1.57 bits per heavy atom. The maximum Gasteiger partial charge on any atom is 0.295 e. The summed E-state index contributed by atoms with van der Waals surface area (Å²) in [5.41, 5.74) is 0. The molecule has 2 rings (SSSR count). The van der Waals surface area contributed by atoms with E-state index in [2.05, 4.69) is 0 Å². The number of benzene rings is 2. The minimum absolute atomic E-state index is 0. The quantitative estimate of drug-likeness (QED) is 0.490. The normalized spacial score (nSPS) is 12.8. The molecule has 0 unspecified atom stereocenters. The van der Waals surface area contributed by atoms with E-state index in [-0.39, 0.29) is 40.3 Å². The van der Waals surface area contributed by atoms with Gasteiger partial charge in [-0.3, -0.25) is 13.7 Å². The zero-order valence-corrected chi connectivity index (χ0v) is 15.9. The fourth-order valence-corrected chi connectivity index (χ4v) is 3.68. The summed E-state index contributed by atoms with van der Waals surface area (Å²) in [6.07, 6.45) is 0. The summed E-state index contributed by atoms with van der Waals surface area (Å²) in [7, 11) is -14.3. The summed E-state index contributed by atoms with van der Waals surface area (Å²) in [6, 6.07) is 3.97. The van der Waals surface area contributed by atoms with Gasteiger partial charge in [0.25, 0.3) is 30.4 Å². The first-order valence-electron chi connectivity index (χ1n) is 5.30. The molecule has 1 radical (unpaired) electrons. The molecule has 0 spiro atoms. The van der Waals surface area contributed by atoms with E-state index in [4.69, 9.17) is 13.7 Å². The van der Waals surface area contributed by atoms with Crippen molar-refractivity contribution in [1.82, 2.24) is 0 Å². The summed E-state index contributed by atoms with van der Waals surface area (Å²) < 4.78 is 94.1. The molecule has 0 atom stereocenters. The van der Waals surface area contributed by atoms with Gasteiger partial charge in [0.1, 0.15) is 4.90 Å². The molecule has 23 heavy (non-hydrogen) atoms. The molecule has 13 heteroatoms. The molecule has 0 bridgehead atoms. The van der Waals surface area contributed by atoms with Gasteiger partial charge in [-0.05, 0) is 29.7 Å². The molecule has 0 amide bonds. The number of hydrogen-bond acceptors (Lipinski definition) is 6. The number of fused-ring (bicyclic) bond motifs is 1. The van der Waals surface area contributed by atoms with Crippen LogP contribution in [0.15, 0.2) is 45.0 Å². The second-order valence-corrected chi connectivity index (χ2v) is 8.46. The largest absolute Gasteiger partial charge is 0.295 e. The average molecular weight is 391 g/mol. The van der Waals surface area contributed by atoms with Crippen molar-refractivity contribution < 1.29 is 38.9 Å². The van der Waals surface area contributed by atoms with Gasteiger partial charge in [-0.1, -0.05) is 6.07 Å². The van der Waals surface area contributed by atoms with Crippen LogP contribution in [0.4, 0.5) is 0 Å². The van der Waals surface area contributed by atoms with Crippen molar-refractivity contribution in [3.63, 3.8) is 0 Å². The first-order chi connectivity index (χ1) is 9.80. The van der Waals surface area contributed by atoms with E-state index in [9.17, 15) is 25.3 Å². The van der Waals surface area contributed by atoms with E-state index in [1.165, 1.54) is 0 Å². The van der Waals surface area contributed by atoms with Gasteiger partial charge in [0, 0.05) is 34.9 Å². The van der Waals surface area contributed by atoms with Crippen LogP contribution in [0.5, 0.6) is 0 Å². The Labute approximate surface area is 153 Å². The predicted molar refractivity (Wildman–Crippen MR) is 79.1 cm³/mol. The summed E-state index contributed by atoms with van der Waals surface area (Å²) in [5, 5.41) is -0.430. The average Bonchev–Trinajstić information content (AvgIpc) is 2.33. The van der Waals surface area contributed by atoms with Gasteiger partial charge >= 0.3 is 0 Å². The molecular formula is C10H8NaO9S3. The number of hydrogen-bond donors (Lipinski definition) is 3. The van der Waals surface area contributed by atoms with Crippen molar-refractivity contribution in [1.29, 1.82) is 0 Å². The van der Waals surface area contributed by atoms with Crippen LogP contribution in [0.3, 0.4) is 0 Å². The first kappa shape index (κ1) is 20.5. The van der Waals surface area contributed by atoms with Crippen LogP contribution in [0, 0.1) is 0 Å². The fourth-order valence-electron chi connectivity index (χ4n) is 1.81. The SMILES string of the molecule is O=S(=O)(O)c1ccc2c(S(=O)(=O)O)cc(S(=O)(=O)O)cc2c1.[Na]. The van der Waals surface area contributed by atoms with E-state index < -0.39 is 45.0 Å². The summed E-state index contributed by atoms with van der Waals surface area (Å²) >= 11 is 0. The standard InChI is InChI=1S/C10H8O9S3.Na/c11-20(12,13)7-1-2-9-6(3-7)4-8(21(14,15)16)5-10(9)22(17,18)19;/h1-5H,(H,11,12,13)(H,14,15,16)(H,17,18,19);. The van der Waals surface area contributed by atoms with E-state index in [1.807, 2.05) is 0 Å². The summed E-state index contributed by atoms with van der Waals surface area (Å²) in [5.74, 6) is 0. The van der Waals surface area contributed by atoms with E-state index in [1.54, 1.807) is 0 Å². The second-order valence-electron chi connectivity index (χ2n) is 4.23. The van der Waals surface area contributed by atoms with Crippen LogP contribution in [0.25, 0.3) is 10.8 Å². The molecule has 121 valence electrons. The van der Waals surface area contributed by atoms with Gasteiger partial charge in [0.15, 0.2) is 0 Å². The van der Waals surface area contributed by atoms with Gasteiger partial charge in [-0.15, -0.1) is 0 Å². The third-order valence-corrected chi connectivity index (χ3v) is 5.31. The van der Waals surface area contributed by atoms with Gasteiger partial charge in [0.05, 0.1) is 9.79 Å². The zero-order valence-electron chi connectivity index (χ0n) is 11.4. The molecule has 0 aromatic heterocycles. The van der Waals surface area contributed by atoms with Crippen molar-refractivity contribution in [2.24, 2.45) is 0 Å². The topological polar surface area (TPSA) is 163 Å². The van der Waals surface area contributed by atoms with Crippen LogP contribution >= 0.6 is 0 Å². The third-order valence-electron chi connectivity index (χ3n) is 2.73. The van der Waals surface area contributed by atoms with E-state index >= 15 is 0 Å². The number of rotatable bonds is 3. The minimum atomic E-state index is -4.85. The van der Waals surface area contributed by atoms with Crippen LogP contribution < -0.4 is 0 Å². The predicted octanol–water partition coefficient (Wildman–Crippen LogP) is 0.199. The van der Waals surface area contributed by atoms with Crippen LogP contribution in [0.1, 0.15) is 0 Å². The fraction of sp³-hybridized carbons (Fsp3) is 0. The Bertz CT molecular complexity index is 1080. The molecule has 0 aliphatic heterocycles. The van der Waals surface area contributed by atoms with Crippen molar-refractivity contribution in [2.45, 2.75) is 14.7 Å². The molecule has 2 aromatic rings. The van der Waals surface area contributed by atoms with Crippen LogP contribution in [-0.4, -0.2) is 68.5 Å². The molecule has 0 saturated heterocycles. The molecule has 2 aromatic carbocycles. The Morgan fingerprint density at radius 1 is 0.652 bits per heavy atom. The monoisotopic (exact) mass is 391 g/mol. The Kier molecular flexibility index (Phi) is 5.68. The van der Waals surface area contributed by atoms with Gasteiger partial charge < -0.3 is 0 Å². The second kappa shape index (κ2) is 6.38. The van der Waals surface area contributed by atoms with Crippen molar-refractivity contribution in [3.8, 4) is 0 Å². The first-order valence-corrected chi connectivity index (χ1v) is 9.62. The Morgan fingerprint density at radius 2 is 1.13 bits per heavy atom. The molecule has 0 aliphatic rings. The minimum Gasteiger partial charge on any atom is -0.282 e. The molecule has 0 aliphatic carbocycles. The van der Waals surface area contributed by atoms with Crippen LogP contribution in [0.2, 0.25) is 0 Å². The summed E-state index contributed by atoms with van der Waals surface area (Å²) in [4.78, 5) is -2.31. The summed E-state index contributed by atoms with van der Waals surface area (Å²) in [6.45, 7) is 0. The maximum absolute atomic E-state index is 11.3. The van der Waals surface area contributed by atoms with Crippen molar-refractivity contribution >= 4 is 70.7 Å². The van der Waals surface area contributed by atoms with Gasteiger partial charge in [-0.2, -0.15) is 25.3 Å². The van der Waals surface area contributed by atoms with Crippen molar-refractivity contribution in [3.05, 3.63) is 30.3 Å². The van der Waals surface area contributed by atoms with Gasteiger partial charge in [-0.25, -0.2) is 0 Å². The molecule has 3 N–H and O–H groups in total. The van der Waals surface area contributed by atoms with E-state index in [0.717, 1.165) is 24.3 Å². The molecule has 0 fully saturated rings. The van der Waals surface area contributed by atoms with Crippen molar-refractivity contribution in [2.75, 3.05) is 0 Å². The molecular weight excluding hydrogens is 383 g/mol. The van der Waals surface area contributed by atoms with Crippen LogP contribution in [-0.2, 0) is 30.4 Å². The Balaban J connectivity index is 0.00000264. The smallest absolute Gasteiger partial charge is 0.282 e.